The Morgan fingerprint density at radius 2 is 1.96 bits per heavy atom. The first-order valence-electron chi connectivity index (χ1n) is 8.75. The van der Waals surface area contributed by atoms with Gasteiger partial charge in [0.15, 0.2) is 0 Å². The molecule has 1 fully saturated rings. The van der Waals surface area contributed by atoms with Crippen molar-refractivity contribution in [1.82, 2.24) is 19.7 Å². The Labute approximate surface area is 142 Å². The zero-order valence-electron chi connectivity index (χ0n) is 14.3. The molecule has 0 spiro atoms. The van der Waals surface area contributed by atoms with Crippen LogP contribution in [0.5, 0.6) is 0 Å². The number of benzene rings is 1. The molecular formula is C19H23N5. The smallest absolute Gasteiger partial charge is 0.137 e. The van der Waals surface area contributed by atoms with E-state index in [1.807, 2.05) is 11.0 Å². The number of para-hydroxylation sites is 1. The third-order valence-electron chi connectivity index (χ3n) is 5.11. The molecule has 0 unspecified atom stereocenters. The molecule has 124 valence electrons. The lowest BCUT2D eigenvalue weighted by molar-refractivity contribution is 0.366. The van der Waals surface area contributed by atoms with Crippen LogP contribution in [0.25, 0.3) is 10.9 Å². The fourth-order valence-electron chi connectivity index (χ4n) is 3.90. The highest BCUT2D eigenvalue weighted by Crippen LogP contribution is 2.35. The van der Waals surface area contributed by atoms with E-state index < -0.39 is 0 Å². The largest absolute Gasteiger partial charge is 0.371 e. The fraction of sp³-hybridized carbons (Fsp3) is 0.421. The SMILES string of the molecule is CCc1c(C)nc2ccccc2c1N1CCC(n2cncn2)CC1. The highest BCUT2D eigenvalue weighted by atomic mass is 15.3. The van der Waals surface area contributed by atoms with Crippen LogP contribution in [-0.2, 0) is 6.42 Å². The van der Waals surface area contributed by atoms with Crippen molar-refractivity contribution >= 4 is 16.6 Å². The van der Waals surface area contributed by atoms with Crippen LogP contribution in [0.1, 0.15) is 37.1 Å². The van der Waals surface area contributed by atoms with Crippen LogP contribution in [0.3, 0.4) is 0 Å². The van der Waals surface area contributed by atoms with Gasteiger partial charge in [0, 0.05) is 24.2 Å². The van der Waals surface area contributed by atoms with Crippen LogP contribution >= 0.6 is 0 Å². The quantitative estimate of drug-likeness (QED) is 0.740. The second-order valence-electron chi connectivity index (χ2n) is 6.49. The third kappa shape index (κ3) is 2.54. The van der Waals surface area contributed by atoms with E-state index in [1.165, 1.54) is 16.6 Å². The maximum atomic E-state index is 4.81. The molecule has 4 rings (SSSR count). The van der Waals surface area contributed by atoms with Crippen LogP contribution in [0.4, 0.5) is 5.69 Å². The number of fused-ring (bicyclic) bond motifs is 1. The Hall–Kier alpha value is -2.43. The molecule has 24 heavy (non-hydrogen) atoms. The summed E-state index contributed by atoms with van der Waals surface area (Å²) in [7, 11) is 0. The summed E-state index contributed by atoms with van der Waals surface area (Å²) in [5.74, 6) is 0. The van der Waals surface area contributed by atoms with Crippen molar-refractivity contribution in [3.8, 4) is 0 Å². The van der Waals surface area contributed by atoms with Gasteiger partial charge in [-0.25, -0.2) is 9.67 Å². The molecule has 2 aromatic heterocycles. The summed E-state index contributed by atoms with van der Waals surface area (Å²) in [6.07, 6.45) is 6.68. The van der Waals surface area contributed by atoms with Crippen molar-refractivity contribution in [2.75, 3.05) is 18.0 Å². The van der Waals surface area contributed by atoms with E-state index >= 15 is 0 Å². The Bertz CT molecular complexity index is 832. The minimum Gasteiger partial charge on any atom is -0.371 e. The summed E-state index contributed by atoms with van der Waals surface area (Å²) in [6, 6.07) is 8.97. The Morgan fingerprint density at radius 3 is 2.67 bits per heavy atom. The molecule has 0 radical (unpaired) electrons. The minimum atomic E-state index is 0.461. The first-order chi connectivity index (χ1) is 11.8. The van der Waals surface area contributed by atoms with E-state index in [0.717, 1.165) is 43.6 Å². The van der Waals surface area contributed by atoms with E-state index in [4.69, 9.17) is 4.98 Å². The highest BCUT2D eigenvalue weighted by Gasteiger charge is 2.24. The molecule has 3 aromatic rings. The summed E-state index contributed by atoms with van der Waals surface area (Å²) in [5.41, 5.74) is 5.02. The van der Waals surface area contributed by atoms with Crippen molar-refractivity contribution in [3.05, 3.63) is 48.2 Å². The average molecular weight is 321 g/mol. The predicted octanol–water partition coefficient (Wildman–Crippen LogP) is 3.54. The molecule has 1 aliphatic rings. The molecule has 0 aliphatic carbocycles. The van der Waals surface area contributed by atoms with Crippen LogP contribution in [0, 0.1) is 6.92 Å². The number of piperidine rings is 1. The van der Waals surface area contributed by atoms with E-state index in [1.54, 1.807) is 6.33 Å². The van der Waals surface area contributed by atoms with Crippen molar-refractivity contribution in [2.45, 2.75) is 39.2 Å². The zero-order valence-corrected chi connectivity index (χ0v) is 14.3. The summed E-state index contributed by atoms with van der Waals surface area (Å²) in [5, 5.41) is 5.59. The number of nitrogens with zero attached hydrogens (tertiary/aromatic N) is 5. The van der Waals surface area contributed by atoms with Crippen molar-refractivity contribution in [1.29, 1.82) is 0 Å². The first-order valence-corrected chi connectivity index (χ1v) is 8.75. The normalized spacial score (nSPS) is 16.0. The van der Waals surface area contributed by atoms with Crippen molar-refractivity contribution < 1.29 is 0 Å². The molecule has 0 saturated carbocycles. The van der Waals surface area contributed by atoms with Gasteiger partial charge in [-0.3, -0.25) is 4.98 Å². The Balaban J connectivity index is 1.69. The molecular weight excluding hydrogens is 298 g/mol. The lowest BCUT2D eigenvalue weighted by Gasteiger charge is -2.35. The van der Waals surface area contributed by atoms with Gasteiger partial charge in [-0.15, -0.1) is 0 Å². The monoisotopic (exact) mass is 321 g/mol. The molecule has 0 bridgehead atoms. The predicted molar refractivity (Wildman–Crippen MR) is 96.4 cm³/mol. The van der Waals surface area contributed by atoms with Crippen LogP contribution in [-0.4, -0.2) is 32.8 Å². The maximum Gasteiger partial charge on any atom is 0.137 e. The summed E-state index contributed by atoms with van der Waals surface area (Å²) < 4.78 is 2.01. The topological polar surface area (TPSA) is 46.8 Å². The number of anilines is 1. The third-order valence-corrected chi connectivity index (χ3v) is 5.11. The van der Waals surface area contributed by atoms with E-state index in [9.17, 15) is 0 Å². The van der Waals surface area contributed by atoms with E-state index in [-0.39, 0.29) is 0 Å². The number of rotatable bonds is 3. The number of aromatic nitrogens is 4. The number of hydrogen-bond acceptors (Lipinski definition) is 4. The van der Waals surface area contributed by atoms with Crippen LogP contribution in [0.2, 0.25) is 0 Å². The molecule has 5 nitrogen and oxygen atoms in total. The number of hydrogen-bond donors (Lipinski definition) is 0. The van der Waals surface area contributed by atoms with Gasteiger partial charge in [0.25, 0.3) is 0 Å². The second kappa shape index (κ2) is 6.23. The van der Waals surface area contributed by atoms with Crippen LogP contribution < -0.4 is 4.90 Å². The molecule has 1 aliphatic heterocycles. The Morgan fingerprint density at radius 1 is 1.17 bits per heavy atom. The zero-order chi connectivity index (χ0) is 16.5. The van der Waals surface area contributed by atoms with Gasteiger partial charge in [0.2, 0.25) is 0 Å². The van der Waals surface area contributed by atoms with Gasteiger partial charge in [-0.2, -0.15) is 5.10 Å². The fourth-order valence-corrected chi connectivity index (χ4v) is 3.90. The standard InChI is InChI=1S/C19H23N5/c1-3-16-14(2)22-18-7-5-4-6-17(18)19(16)23-10-8-15(9-11-23)24-13-20-12-21-24/h4-7,12-13,15H,3,8-11H2,1-2H3. The van der Waals surface area contributed by atoms with Gasteiger partial charge in [0.1, 0.15) is 12.7 Å². The molecule has 5 heteroatoms. The van der Waals surface area contributed by atoms with Gasteiger partial charge >= 0.3 is 0 Å². The first kappa shape index (κ1) is 15.1. The second-order valence-corrected chi connectivity index (χ2v) is 6.49. The summed E-state index contributed by atoms with van der Waals surface area (Å²) in [4.78, 5) is 11.4. The van der Waals surface area contributed by atoms with Crippen molar-refractivity contribution in [2.24, 2.45) is 0 Å². The lowest BCUT2D eigenvalue weighted by Crippen LogP contribution is -2.35. The van der Waals surface area contributed by atoms with Crippen molar-refractivity contribution in [3.63, 3.8) is 0 Å². The molecule has 3 heterocycles. The molecule has 0 amide bonds. The Kier molecular flexibility index (Phi) is 3.92. The molecule has 0 N–H and O–H groups in total. The summed E-state index contributed by atoms with van der Waals surface area (Å²) in [6.45, 7) is 6.46. The number of pyridine rings is 1. The average Bonchev–Trinajstić information content (AvgIpc) is 3.15. The lowest BCUT2D eigenvalue weighted by atomic mass is 9.99. The number of aryl methyl sites for hydroxylation is 1. The van der Waals surface area contributed by atoms with Gasteiger partial charge < -0.3 is 4.90 Å². The van der Waals surface area contributed by atoms with E-state index in [2.05, 4.69) is 53.1 Å². The van der Waals surface area contributed by atoms with Crippen LogP contribution in [0.15, 0.2) is 36.9 Å². The van der Waals surface area contributed by atoms with Gasteiger partial charge in [-0.05, 0) is 37.8 Å². The van der Waals surface area contributed by atoms with Gasteiger partial charge in [0.05, 0.1) is 17.2 Å². The minimum absolute atomic E-state index is 0.461. The maximum absolute atomic E-state index is 4.81. The molecule has 0 atom stereocenters. The summed E-state index contributed by atoms with van der Waals surface area (Å²) >= 11 is 0. The molecule has 1 saturated heterocycles. The van der Waals surface area contributed by atoms with Gasteiger partial charge in [-0.1, -0.05) is 25.1 Å². The molecule has 1 aromatic carbocycles. The van der Waals surface area contributed by atoms with E-state index in [0.29, 0.717) is 6.04 Å². The highest BCUT2D eigenvalue weighted by molar-refractivity contribution is 5.94.